The number of benzene rings is 1. The van der Waals surface area contributed by atoms with E-state index < -0.39 is 23.4 Å². The quantitative estimate of drug-likeness (QED) is 0.251. The lowest BCUT2D eigenvalue weighted by Gasteiger charge is -2.32. The van der Waals surface area contributed by atoms with E-state index in [2.05, 4.69) is 42.6 Å². The second-order valence-corrected chi connectivity index (χ2v) is 12.9. The van der Waals surface area contributed by atoms with Crippen LogP contribution >= 0.6 is 0 Å². The van der Waals surface area contributed by atoms with Crippen LogP contribution in [0.15, 0.2) is 95.9 Å². The lowest BCUT2D eigenvalue weighted by atomic mass is 9.89. The molecular weight excluding hydrogens is 617 g/mol. The van der Waals surface area contributed by atoms with E-state index in [1.807, 2.05) is 24.8 Å². The van der Waals surface area contributed by atoms with Gasteiger partial charge in [0.05, 0.1) is 17.9 Å². The van der Waals surface area contributed by atoms with E-state index in [4.69, 9.17) is 0 Å². The predicted molar refractivity (Wildman–Crippen MR) is 181 cm³/mol. The van der Waals surface area contributed by atoms with Gasteiger partial charge in [0.25, 0.3) is 0 Å². The fourth-order valence-corrected chi connectivity index (χ4v) is 6.77. The molecule has 3 aliphatic rings. The van der Waals surface area contributed by atoms with Gasteiger partial charge in [-0.2, -0.15) is 18.3 Å². The van der Waals surface area contributed by atoms with E-state index in [9.17, 15) is 27.9 Å². The predicted octanol–water partition coefficient (Wildman–Crippen LogP) is 8.28. The summed E-state index contributed by atoms with van der Waals surface area (Å²) < 4.78 is 42.6. The van der Waals surface area contributed by atoms with Gasteiger partial charge < -0.3 is 15.3 Å². The standard InChI is InChI=1S/C38H43F3N4O3/c1-6-25-14-16-33(43-32(23(3)4)15-11-24(5)26-17-19-44(20-18-26)36(46)27-12-13-27)34(25)30(7-2)28-9-8-10-29(21-28)45-35(38(39,40)41)31(22-42-45)37(47)48/h6-11,15,21-22,26-27,33,43H,2-3,12-14,16-20H2,1,4-5H3,(H,47,48)/b24-11+,25-6-,32-15+,34-30-. The Morgan fingerprint density at radius 2 is 1.77 bits per heavy atom. The summed E-state index contributed by atoms with van der Waals surface area (Å²) in [5, 5.41) is 16.9. The van der Waals surface area contributed by atoms with Crippen LogP contribution in [-0.2, 0) is 11.0 Å². The fourth-order valence-electron chi connectivity index (χ4n) is 6.77. The Labute approximate surface area is 279 Å². The van der Waals surface area contributed by atoms with Crippen molar-refractivity contribution in [3.8, 4) is 5.69 Å². The third-order valence-electron chi connectivity index (χ3n) is 9.59. The van der Waals surface area contributed by atoms with Crippen LogP contribution in [0.2, 0.25) is 0 Å². The molecule has 1 aromatic heterocycles. The van der Waals surface area contributed by atoms with Gasteiger partial charge in [-0.3, -0.25) is 4.79 Å². The van der Waals surface area contributed by atoms with Crippen molar-refractivity contribution in [2.75, 3.05) is 13.1 Å². The van der Waals surface area contributed by atoms with Crippen LogP contribution in [0.3, 0.4) is 0 Å². The molecule has 10 heteroatoms. The number of aromatic carboxylic acids is 1. The smallest absolute Gasteiger partial charge is 0.434 e. The molecule has 2 heterocycles. The van der Waals surface area contributed by atoms with Crippen molar-refractivity contribution in [3.05, 3.63) is 113 Å². The number of halogens is 3. The highest BCUT2D eigenvalue weighted by Gasteiger charge is 2.41. The molecule has 3 fully saturated rings. The minimum absolute atomic E-state index is 0.0858. The normalized spacial score (nSPS) is 21.4. The number of carbonyl (C=O) groups is 2. The van der Waals surface area contributed by atoms with Gasteiger partial charge in [0.2, 0.25) is 5.91 Å². The average Bonchev–Trinajstić information content (AvgIpc) is 3.67. The van der Waals surface area contributed by atoms with Crippen LogP contribution in [0.1, 0.15) is 80.9 Å². The zero-order valence-electron chi connectivity index (χ0n) is 27.7. The Balaban J connectivity index is 1.43. The Kier molecular flexibility index (Phi) is 10.3. The monoisotopic (exact) mass is 660 g/mol. The lowest BCUT2D eigenvalue weighted by Crippen LogP contribution is -2.39. The van der Waals surface area contributed by atoms with Gasteiger partial charge in [-0.05, 0) is 111 Å². The average molecular weight is 661 g/mol. The van der Waals surface area contributed by atoms with E-state index in [1.54, 1.807) is 24.3 Å². The maximum atomic E-state index is 14.0. The number of likely N-dealkylation sites (tertiary alicyclic amines) is 1. The summed E-state index contributed by atoms with van der Waals surface area (Å²) in [6.07, 6.45) is 9.31. The first-order valence-corrected chi connectivity index (χ1v) is 16.4. The van der Waals surface area contributed by atoms with Crippen LogP contribution in [-0.4, -0.2) is 50.8 Å². The molecule has 2 N–H and O–H groups in total. The lowest BCUT2D eigenvalue weighted by molar-refractivity contribution is -0.143. The van der Waals surface area contributed by atoms with Crippen molar-refractivity contribution in [1.29, 1.82) is 0 Å². The van der Waals surface area contributed by atoms with Crippen LogP contribution in [0.25, 0.3) is 11.3 Å². The van der Waals surface area contributed by atoms with Crippen molar-refractivity contribution >= 4 is 17.4 Å². The summed E-state index contributed by atoms with van der Waals surface area (Å²) in [6.45, 7) is 15.9. The molecule has 1 aromatic carbocycles. The van der Waals surface area contributed by atoms with Crippen molar-refractivity contribution in [2.24, 2.45) is 11.8 Å². The molecule has 1 saturated heterocycles. The number of hydrogen-bond acceptors (Lipinski definition) is 4. The minimum Gasteiger partial charge on any atom is -0.478 e. The highest BCUT2D eigenvalue weighted by molar-refractivity contribution is 5.89. The first kappa shape index (κ1) is 34.7. The summed E-state index contributed by atoms with van der Waals surface area (Å²) in [7, 11) is 0. The third kappa shape index (κ3) is 7.42. The first-order valence-electron chi connectivity index (χ1n) is 16.4. The molecule has 254 valence electrons. The van der Waals surface area contributed by atoms with Gasteiger partial charge in [0.15, 0.2) is 5.69 Å². The number of carboxylic acid groups (broad SMARTS) is 1. The van der Waals surface area contributed by atoms with Crippen molar-refractivity contribution in [1.82, 2.24) is 20.0 Å². The minimum atomic E-state index is -4.93. The number of allylic oxidation sites excluding steroid dienone is 7. The fraction of sp³-hybridized carbons (Fsp3) is 0.395. The third-order valence-corrected chi connectivity index (χ3v) is 9.59. The number of carbonyl (C=O) groups excluding carboxylic acids is 1. The van der Waals surface area contributed by atoms with E-state index in [-0.39, 0.29) is 17.6 Å². The number of carboxylic acids is 1. The zero-order valence-corrected chi connectivity index (χ0v) is 27.7. The number of nitrogens with one attached hydrogen (secondary N) is 1. The molecular formula is C38H43F3N4O3. The maximum absolute atomic E-state index is 14.0. The highest BCUT2D eigenvalue weighted by atomic mass is 19.4. The van der Waals surface area contributed by atoms with Gasteiger partial charge in [-0.25, -0.2) is 9.48 Å². The van der Waals surface area contributed by atoms with Gasteiger partial charge in [-0.15, -0.1) is 0 Å². The van der Waals surface area contributed by atoms with Gasteiger partial charge in [0.1, 0.15) is 5.56 Å². The molecule has 2 aliphatic carbocycles. The van der Waals surface area contributed by atoms with Crippen LogP contribution in [0, 0.1) is 11.8 Å². The van der Waals surface area contributed by atoms with Crippen LogP contribution in [0.4, 0.5) is 13.2 Å². The molecule has 2 aromatic rings. The van der Waals surface area contributed by atoms with Crippen molar-refractivity contribution in [2.45, 2.75) is 71.5 Å². The topological polar surface area (TPSA) is 87.5 Å². The van der Waals surface area contributed by atoms with Gasteiger partial charge >= 0.3 is 12.1 Å². The van der Waals surface area contributed by atoms with Gasteiger partial charge in [0, 0.05) is 24.7 Å². The largest absolute Gasteiger partial charge is 0.478 e. The van der Waals surface area contributed by atoms with E-state index in [0.717, 1.165) is 85.8 Å². The summed E-state index contributed by atoms with van der Waals surface area (Å²) >= 11 is 0. The molecule has 0 spiro atoms. The number of aromatic nitrogens is 2. The number of alkyl halides is 3. The van der Waals surface area contributed by atoms with Crippen LogP contribution in [0.5, 0.6) is 0 Å². The second kappa shape index (κ2) is 14.3. The SMILES string of the molecule is C=C/C(=C1\C(=C/C)CCC1N/C(=C/C=C(\C)C1CCN(C(=O)C2CC2)CC1)C(=C)C)c1cccc(-n2ncc(C(=O)O)c2C(F)(F)F)c1. The molecule has 1 atom stereocenters. The molecule has 5 rings (SSSR count). The van der Waals surface area contributed by atoms with Gasteiger partial charge in [-0.1, -0.05) is 49.1 Å². The highest BCUT2D eigenvalue weighted by Crippen LogP contribution is 2.39. The molecule has 1 amide bonds. The van der Waals surface area contributed by atoms with E-state index >= 15 is 0 Å². The second-order valence-electron chi connectivity index (χ2n) is 12.9. The number of hydrogen-bond donors (Lipinski definition) is 2. The summed E-state index contributed by atoms with van der Waals surface area (Å²) in [5.41, 5.74) is 4.35. The van der Waals surface area contributed by atoms with Crippen molar-refractivity contribution in [3.63, 3.8) is 0 Å². The molecule has 48 heavy (non-hydrogen) atoms. The molecule has 0 bridgehead atoms. The molecule has 7 nitrogen and oxygen atoms in total. The Morgan fingerprint density at radius 1 is 1.06 bits per heavy atom. The van der Waals surface area contributed by atoms with Crippen LogP contribution < -0.4 is 5.32 Å². The molecule has 2 saturated carbocycles. The van der Waals surface area contributed by atoms with Crippen molar-refractivity contribution < 1.29 is 27.9 Å². The van der Waals surface area contributed by atoms with E-state index in [0.29, 0.717) is 22.1 Å². The Bertz CT molecular complexity index is 1730. The first-order chi connectivity index (χ1) is 22.8. The Morgan fingerprint density at radius 3 is 2.35 bits per heavy atom. The molecule has 1 aliphatic heterocycles. The number of nitrogens with zero attached hydrogens (tertiary/aromatic N) is 3. The number of amides is 1. The summed E-state index contributed by atoms with van der Waals surface area (Å²) in [4.78, 5) is 26.1. The Hall–Kier alpha value is -4.60. The zero-order chi connectivity index (χ0) is 34.7. The number of rotatable bonds is 10. The maximum Gasteiger partial charge on any atom is 0.434 e. The van der Waals surface area contributed by atoms with E-state index in [1.165, 1.54) is 11.6 Å². The molecule has 0 radical (unpaired) electrons. The number of piperidine rings is 1. The summed E-state index contributed by atoms with van der Waals surface area (Å²) in [6, 6.07) is 6.36. The molecule has 1 unspecified atom stereocenters. The summed E-state index contributed by atoms with van der Waals surface area (Å²) in [5.74, 6) is -0.728.